The van der Waals surface area contributed by atoms with Gasteiger partial charge in [-0.3, -0.25) is 4.79 Å². The number of aryl methyl sites for hydroxylation is 1. The number of fused-ring (bicyclic) bond motifs is 2. The van der Waals surface area contributed by atoms with Gasteiger partial charge in [0.05, 0.1) is 11.1 Å². The first kappa shape index (κ1) is 18.9. The van der Waals surface area contributed by atoms with E-state index in [1.165, 1.54) is 30.4 Å². The summed E-state index contributed by atoms with van der Waals surface area (Å²) in [5, 5.41) is 3.74. The molecule has 3 aliphatic rings. The number of hydrogen-bond donors (Lipinski definition) is 1. The van der Waals surface area contributed by atoms with Gasteiger partial charge in [-0.15, -0.1) is 0 Å². The number of carbonyl (C=O) groups is 1. The molecule has 0 saturated carbocycles. The Labute approximate surface area is 163 Å². The van der Waals surface area contributed by atoms with Gasteiger partial charge >= 0.3 is 0 Å². The molecule has 2 fully saturated rings. The van der Waals surface area contributed by atoms with Crippen molar-refractivity contribution >= 4 is 6.41 Å². The van der Waals surface area contributed by atoms with E-state index in [0.717, 1.165) is 45.3 Å². The summed E-state index contributed by atoms with van der Waals surface area (Å²) in [5.41, 5.74) is 2.41. The zero-order valence-corrected chi connectivity index (χ0v) is 17.1. The summed E-state index contributed by atoms with van der Waals surface area (Å²) in [6.45, 7) is 7.17. The van der Waals surface area contributed by atoms with Crippen LogP contribution in [0.1, 0.15) is 57.1 Å². The van der Waals surface area contributed by atoms with Gasteiger partial charge in [-0.25, -0.2) is 0 Å². The van der Waals surface area contributed by atoms with Gasteiger partial charge in [-0.1, -0.05) is 24.3 Å². The minimum absolute atomic E-state index is 0.0866. The fourth-order valence-corrected chi connectivity index (χ4v) is 6.67. The van der Waals surface area contributed by atoms with Crippen molar-refractivity contribution in [2.45, 2.75) is 68.9 Å². The molecule has 27 heavy (non-hydrogen) atoms. The minimum Gasteiger partial charge on any atom is -0.376 e. The number of rotatable bonds is 4. The molecule has 4 rings (SSSR count). The molecule has 1 N–H and O–H groups in total. The molecule has 1 unspecified atom stereocenters. The third-order valence-electron chi connectivity index (χ3n) is 8.05. The highest BCUT2D eigenvalue weighted by Crippen LogP contribution is 2.55. The van der Waals surface area contributed by atoms with E-state index in [-0.39, 0.29) is 11.0 Å². The lowest BCUT2D eigenvalue weighted by Crippen LogP contribution is -2.71. The standard InChI is InChI=1S/C23H34N2O2/c1-21(2,27-3)23(13-6-7-14-25(23)17-26)20-15-24-16-22(20)12-8-10-18-9-4-5-11-19(18)22/h4-5,9,11,17,20,24H,6-8,10,12-16H2,1-3H3/t20-,22-,23?/m1/s1. The lowest BCUT2D eigenvalue weighted by Gasteiger charge is -2.61. The Hall–Kier alpha value is -1.39. The second-order valence-electron chi connectivity index (χ2n) is 9.24. The number of ether oxygens (including phenoxy) is 1. The molecular weight excluding hydrogens is 336 g/mol. The van der Waals surface area contributed by atoms with Crippen molar-refractivity contribution in [2.24, 2.45) is 5.92 Å². The molecule has 0 radical (unpaired) electrons. The Morgan fingerprint density at radius 2 is 2.04 bits per heavy atom. The predicted octanol–water partition coefficient (Wildman–Crippen LogP) is 3.29. The average Bonchev–Trinajstić information content (AvgIpc) is 3.12. The van der Waals surface area contributed by atoms with E-state index < -0.39 is 5.60 Å². The fraction of sp³-hybridized carbons (Fsp3) is 0.696. The van der Waals surface area contributed by atoms with Gasteiger partial charge < -0.3 is 15.0 Å². The maximum atomic E-state index is 12.3. The topological polar surface area (TPSA) is 41.6 Å². The fourth-order valence-electron chi connectivity index (χ4n) is 6.67. The van der Waals surface area contributed by atoms with Gasteiger partial charge in [0.1, 0.15) is 0 Å². The maximum Gasteiger partial charge on any atom is 0.210 e. The van der Waals surface area contributed by atoms with Gasteiger partial charge in [0.15, 0.2) is 0 Å². The molecule has 1 amide bonds. The minimum atomic E-state index is -0.398. The molecule has 1 aliphatic carbocycles. The van der Waals surface area contributed by atoms with E-state index in [1.807, 2.05) is 7.11 Å². The van der Waals surface area contributed by atoms with Crippen molar-refractivity contribution in [3.8, 4) is 0 Å². The third kappa shape index (κ3) is 2.60. The van der Waals surface area contributed by atoms with E-state index in [0.29, 0.717) is 5.92 Å². The predicted molar refractivity (Wildman–Crippen MR) is 108 cm³/mol. The van der Waals surface area contributed by atoms with Crippen molar-refractivity contribution in [3.63, 3.8) is 0 Å². The molecule has 0 bridgehead atoms. The summed E-state index contributed by atoms with van der Waals surface area (Å²) < 4.78 is 6.12. The molecule has 4 heteroatoms. The van der Waals surface area contributed by atoms with Crippen molar-refractivity contribution in [1.82, 2.24) is 10.2 Å². The highest BCUT2D eigenvalue weighted by Gasteiger charge is 2.63. The highest BCUT2D eigenvalue weighted by atomic mass is 16.5. The average molecular weight is 371 g/mol. The van der Waals surface area contributed by atoms with Crippen molar-refractivity contribution in [1.29, 1.82) is 0 Å². The second-order valence-corrected chi connectivity index (χ2v) is 9.24. The number of likely N-dealkylation sites (tertiary alicyclic amines) is 1. The SMILES string of the molecule is COC(C)(C)C1([C@@H]2CNC[C@@]23CCCc2ccccc23)CCCCN1C=O. The molecular formula is C23H34N2O2. The van der Waals surface area contributed by atoms with Crippen LogP contribution in [0.2, 0.25) is 0 Å². The van der Waals surface area contributed by atoms with Crippen LogP contribution in [0.3, 0.4) is 0 Å². The molecule has 0 aromatic heterocycles. The highest BCUT2D eigenvalue weighted by molar-refractivity contribution is 5.52. The van der Waals surface area contributed by atoms with E-state index >= 15 is 0 Å². The molecule has 2 aliphatic heterocycles. The van der Waals surface area contributed by atoms with Crippen LogP contribution in [-0.4, -0.2) is 49.2 Å². The van der Waals surface area contributed by atoms with E-state index in [2.05, 4.69) is 48.3 Å². The van der Waals surface area contributed by atoms with Gasteiger partial charge in [-0.05, 0) is 63.5 Å². The van der Waals surface area contributed by atoms with Gasteiger partial charge in [-0.2, -0.15) is 0 Å². The third-order valence-corrected chi connectivity index (χ3v) is 8.05. The molecule has 1 spiro atoms. The second kappa shape index (κ2) is 6.89. The van der Waals surface area contributed by atoms with Crippen molar-refractivity contribution in [3.05, 3.63) is 35.4 Å². The Bertz CT molecular complexity index is 703. The molecule has 1 aromatic carbocycles. The molecule has 148 valence electrons. The zero-order chi connectivity index (χ0) is 19.1. The lowest BCUT2D eigenvalue weighted by molar-refractivity contribution is -0.171. The van der Waals surface area contributed by atoms with Crippen LogP contribution in [0.4, 0.5) is 0 Å². The largest absolute Gasteiger partial charge is 0.376 e. The normalized spacial score (nSPS) is 33.9. The van der Waals surface area contributed by atoms with Crippen LogP contribution in [0.25, 0.3) is 0 Å². The molecule has 3 atom stereocenters. The van der Waals surface area contributed by atoms with E-state index in [9.17, 15) is 4.79 Å². The first-order valence-electron chi connectivity index (χ1n) is 10.6. The van der Waals surface area contributed by atoms with Crippen molar-refractivity contribution in [2.75, 3.05) is 26.7 Å². The Kier molecular flexibility index (Phi) is 4.84. The smallest absolute Gasteiger partial charge is 0.210 e. The number of nitrogens with zero attached hydrogens (tertiary/aromatic N) is 1. The van der Waals surface area contributed by atoms with Crippen LogP contribution < -0.4 is 5.32 Å². The number of amides is 1. The van der Waals surface area contributed by atoms with Crippen LogP contribution in [-0.2, 0) is 21.4 Å². The number of hydrogen-bond acceptors (Lipinski definition) is 3. The van der Waals surface area contributed by atoms with E-state index in [4.69, 9.17) is 4.74 Å². The monoisotopic (exact) mass is 370 g/mol. The summed E-state index contributed by atoms with van der Waals surface area (Å²) in [7, 11) is 1.81. The number of benzene rings is 1. The summed E-state index contributed by atoms with van der Waals surface area (Å²) in [6.07, 6.45) is 7.94. The molecule has 2 saturated heterocycles. The van der Waals surface area contributed by atoms with Crippen LogP contribution in [0.15, 0.2) is 24.3 Å². The van der Waals surface area contributed by atoms with Crippen LogP contribution in [0.5, 0.6) is 0 Å². The maximum absolute atomic E-state index is 12.3. The summed E-state index contributed by atoms with van der Waals surface area (Å²) in [5.74, 6) is 0.354. The van der Waals surface area contributed by atoms with Gasteiger partial charge in [0, 0.05) is 38.1 Å². The Balaban J connectivity index is 1.89. The summed E-state index contributed by atoms with van der Waals surface area (Å²) in [4.78, 5) is 14.4. The van der Waals surface area contributed by atoms with Gasteiger partial charge in [0.2, 0.25) is 6.41 Å². The molecule has 2 heterocycles. The van der Waals surface area contributed by atoms with Crippen molar-refractivity contribution < 1.29 is 9.53 Å². The first-order valence-corrected chi connectivity index (χ1v) is 10.6. The lowest BCUT2D eigenvalue weighted by atomic mass is 9.54. The first-order chi connectivity index (χ1) is 13.0. The number of methoxy groups -OCH3 is 1. The van der Waals surface area contributed by atoms with Crippen LogP contribution >= 0.6 is 0 Å². The number of nitrogens with one attached hydrogen (secondary N) is 1. The Morgan fingerprint density at radius 3 is 2.81 bits per heavy atom. The van der Waals surface area contributed by atoms with Crippen LogP contribution in [0, 0.1) is 5.92 Å². The molecule has 1 aromatic rings. The summed E-state index contributed by atoms with van der Waals surface area (Å²) >= 11 is 0. The molecule has 4 nitrogen and oxygen atoms in total. The Morgan fingerprint density at radius 1 is 1.22 bits per heavy atom. The van der Waals surface area contributed by atoms with Gasteiger partial charge in [0.25, 0.3) is 0 Å². The number of piperidine rings is 1. The number of carbonyl (C=O) groups excluding carboxylic acids is 1. The quantitative estimate of drug-likeness (QED) is 0.827. The summed E-state index contributed by atoms with van der Waals surface area (Å²) in [6, 6.07) is 9.00. The zero-order valence-electron chi connectivity index (χ0n) is 17.1. The van der Waals surface area contributed by atoms with E-state index in [1.54, 1.807) is 0 Å².